The molecule has 0 aliphatic rings. The van der Waals surface area contributed by atoms with Crippen LogP contribution in [0.15, 0.2) is 53.2 Å². The number of hydrogen-bond donors (Lipinski definition) is 0. The van der Waals surface area contributed by atoms with Crippen LogP contribution in [-0.4, -0.2) is 17.4 Å². The van der Waals surface area contributed by atoms with Crippen LogP contribution in [0, 0.1) is 0 Å². The maximum absolute atomic E-state index is 12.1. The van der Waals surface area contributed by atoms with Crippen molar-refractivity contribution in [3.05, 3.63) is 65.1 Å². The lowest BCUT2D eigenvalue weighted by molar-refractivity contribution is -0.126. The van der Waals surface area contributed by atoms with E-state index in [2.05, 4.69) is 0 Å². The van der Waals surface area contributed by atoms with Gasteiger partial charge in [-0.1, -0.05) is 23.7 Å². The normalized spacial score (nSPS) is 10.9. The molecule has 3 nitrogen and oxygen atoms in total. The number of carbonyl (C=O) groups is 1. The first kappa shape index (κ1) is 14.4. The molecule has 1 amide bonds. The minimum absolute atomic E-state index is 0.0520. The quantitative estimate of drug-likeness (QED) is 0.780. The molecule has 0 saturated carbocycles. The van der Waals surface area contributed by atoms with Gasteiger partial charge in [-0.15, -0.1) is 0 Å². The molecule has 0 atom stereocenters. The van der Waals surface area contributed by atoms with Crippen LogP contribution in [0.1, 0.15) is 18.2 Å². The average molecular weight is 290 g/mol. The van der Waals surface area contributed by atoms with E-state index in [0.29, 0.717) is 23.9 Å². The lowest BCUT2D eigenvalue weighted by atomic mass is 10.2. The number of halogens is 1. The lowest BCUT2D eigenvalue weighted by Crippen LogP contribution is -2.28. The first-order chi connectivity index (χ1) is 9.69. The van der Waals surface area contributed by atoms with Gasteiger partial charge in [-0.05, 0) is 42.8 Å². The Morgan fingerprint density at radius 1 is 1.35 bits per heavy atom. The Hall–Kier alpha value is -2.00. The second kappa shape index (κ2) is 6.96. The largest absolute Gasteiger partial charge is 0.465 e. The summed E-state index contributed by atoms with van der Waals surface area (Å²) in [6.45, 7) is 3.12. The van der Waals surface area contributed by atoms with Crippen molar-refractivity contribution in [3.8, 4) is 0 Å². The van der Waals surface area contributed by atoms with Crippen molar-refractivity contribution in [1.29, 1.82) is 0 Å². The predicted octanol–water partition coefficient (Wildman–Crippen LogP) is 3.99. The summed E-state index contributed by atoms with van der Waals surface area (Å²) in [5.41, 5.74) is 1.01. The van der Waals surface area contributed by atoms with Crippen LogP contribution >= 0.6 is 11.6 Å². The van der Waals surface area contributed by atoms with Crippen LogP contribution in [0.5, 0.6) is 0 Å². The molecular formula is C16H16ClNO2. The van der Waals surface area contributed by atoms with Crippen LogP contribution in [0.25, 0.3) is 6.08 Å². The number of hydrogen-bond acceptors (Lipinski definition) is 2. The van der Waals surface area contributed by atoms with Crippen molar-refractivity contribution in [2.75, 3.05) is 6.54 Å². The maximum atomic E-state index is 12.1. The van der Waals surface area contributed by atoms with Crippen LogP contribution < -0.4 is 0 Å². The fourth-order valence-corrected chi connectivity index (χ4v) is 2.06. The predicted molar refractivity (Wildman–Crippen MR) is 80.3 cm³/mol. The molecule has 1 heterocycles. The highest BCUT2D eigenvalue weighted by Gasteiger charge is 2.09. The van der Waals surface area contributed by atoms with Crippen LogP contribution in [0.4, 0.5) is 0 Å². The summed E-state index contributed by atoms with van der Waals surface area (Å²) in [4.78, 5) is 13.9. The van der Waals surface area contributed by atoms with Gasteiger partial charge >= 0.3 is 0 Å². The Balaban J connectivity index is 2.02. The maximum Gasteiger partial charge on any atom is 0.246 e. The third-order valence-electron chi connectivity index (χ3n) is 2.89. The molecule has 0 fully saturated rings. The molecule has 1 aromatic carbocycles. The van der Waals surface area contributed by atoms with Crippen LogP contribution in [0.2, 0.25) is 5.02 Å². The van der Waals surface area contributed by atoms with E-state index in [1.807, 2.05) is 31.2 Å². The molecule has 0 radical (unpaired) electrons. The van der Waals surface area contributed by atoms with E-state index in [-0.39, 0.29) is 5.91 Å². The Labute approximate surface area is 123 Å². The number of amides is 1. The minimum Gasteiger partial charge on any atom is -0.465 e. The molecule has 104 valence electrons. The van der Waals surface area contributed by atoms with Crippen molar-refractivity contribution < 1.29 is 9.21 Å². The van der Waals surface area contributed by atoms with Gasteiger partial charge in [0.25, 0.3) is 0 Å². The Morgan fingerprint density at radius 2 is 2.20 bits per heavy atom. The highest BCUT2D eigenvalue weighted by atomic mass is 35.5. The van der Waals surface area contributed by atoms with Gasteiger partial charge in [0.05, 0.1) is 6.26 Å². The summed E-state index contributed by atoms with van der Waals surface area (Å²) in [7, 11) is 0. The Morgan fingerprint density at radius 3 is 2.85 bits per heavy atom. The minimum atomic E-state index is -0.0520. The van der Waals surface area contributed by atoms with Gasteiger partial charge in [-0.3, -0.25) is 4.79 Å². The van der Waals surface area contributed by atoms with E-state index in [1.165, 1.54) is 6.08 Å². The number of furan rings is 1. The molecular weight excluding hydrogens is 274 g/mol. The molecule has 0 aliphatic heterocycles. The summed E-state index contributed by atoms with van der Waals surface area (Å²) in [5, 5.41) is 0.678. The summed E-state index contributed by atoms with van der Waals surface area (Å²) >= 11 is 5.95. The number of likely N-dealkylation sites (N-methyl/N-ethyl adjacent to an activating group) is 1. The Bertz CT molecular complexity index is 590. The molecule has 2 aromatic rings. The number of benzene rings is 1. The van der Waals surface area contributed by atoms with E-state index < -0.39 is 0 Å². The topological polar surface area (TPSA) is 33.5 Å². The fourth-order valence-electron chi connectivity index (χ4n) is 1.85. The van der Waals surface area contributed by atoms with E-state index in [1.54, 1.807) is 29.4 Å². The molecule has 20 heavy (non-hydrogen) atoms. The Kier molecular flexibility index (Phi) is 5.02. The molecule has 1 aromatic heterocycles. The molecule has 0 unspecified atom stereocenters. The summed E-state index contributed by atoms with van der Waals surface area (Å²) in [5.74, 6) is 0.612. The second-order valence-electron chi connectivity index (χ2n) is 4.33. The van der Waals surface area contributed by atoms with Crippen molar-refractivity contribution in [2.24, 2.45) is 0 Å². The standard InChI is InChI=1S/C16H16ClNO2/c1-2-18(12-13-5-3-6-14(17)11-13)16(19)9-8-15-7-4-10-20-15/h3-11H,2,12H2,1H3/b9-8-. The molecule has 4 heteroatoms. The zero-order valence-electron chi connectivity index (χ0n) is 11.3. The van der Waals surface area contributed by atoms with Crippen LogP contribution in [-0.2, 0) is 11.3 Å². The van der Waals surface area contributed by atoms with E-state index in [9.17, 15) is 4.79 Å². The summed E-state index contributed by atoms with van der Waals surface area (Å²) in [6, 6.07) is 11.1. The molecule has 0 aliphatic carbocycles. The number of carbonyl (C=O) groups excluding carboxylic acids is 1. The van der Waals surface area contributed by atoms with Gasteiger partial charge < -0.3 is 9.32 Å². The van der Waals surface area contributed by atoms with Crippen molar-refractivity contribution in [1.82, 2.24) is 4.90 Å². The van der Waals surface area contributed by atoms with Gasteiger partial charge in [0.1, 0.15) is 5.76 Å². The van der Waals surface area contributed by atoms with Gasteiger partial charge in [-0.25, -0.2) is 0 Å². The highest BCUT2D eigenvalue weighted by Crippen LogP contribution is 2.13. The number of rotatable bonds is 5. The van der Waals surface area contributed by atoms with Crippen molar-refractivity contribution in [3.63, 3.8) is 0 Å². The third-order valence-corrected chi connectivity index (χ3v) is 3.12. The smallest absolute Gasteiger partial charge is 0.246 e. The van der Waals surface area contributed by atoms with Crippen molar-refractivity contribution >= 4 is 23.6 Å². The SMILES string of the molecule is CCN(Cc1cccc(Cl)c1)C(=O)/C=C\c1ccco1. The molecule has 0 saturated heterocycles. The molecule has 0 N–H and O–H groups in total. The molecule has 0 spiro atoms. The number of nitrogens with zero attached hydrogens (tertiary/aromatic N) is 1. The van der Waals surface area contributed by atoms with Gasteiger partial charge in [0.2, 0.25) is 5.91 Å². The zero-order valence-corrected chi connectivity index (χ0v) is 12.0. The average Bonchev–Trinajstić information content (AvgIpc) is 2.95. The fraction of sp³-hybridized carbons (Fsp3) is 0.188. The van der Waals surface area contributed by atoms with E-state index >= 15 is 0 Å². The van der Waals surface area contributed by atoms with Gasteiger partial charge in [-0.2, -0.15) is 0 Å². The van der Waals surface area contributed by atoms with Gasteiger partial charge in [0, 0.05) is 24.2 Å². The monoisotopic (exact) mass is 289 g/mol. The lowest BCUT2D eigenvalue weighted by Gasteiger charge is -2.19. The second-order valence-corrected chi connectivity index (χ2v) is 4.77. The summed E-state index contributed by atoms with van der Waals surface area (Å²) in [6.07, 6.45) is 4.77. The third kappa shape index (κ3) is 4.00. The molecule has 0 bridgehead atoms. The van der Waals surface area contributed by atoms with Crippen LogP contribution in [0.3, 0.4) is 0 Å². The van der Waals surface area contributed by atoms with Crippen molar-refractivity contribution in [2.45, 2.75) is 13.5 Å². The molecule has 2 rings (SSSR count). The van der Waals surface area contributed by atoms with E-state index in [0.717, 1.165) is 5.56 Å². The first-order valence-corrected chi connectivity index (χ1v) is 6.82. The van der Waals surface area contributed by atoms with Gasteiger partial charge in [0.15, 0.2) is 0 Å². The van der Waals surface area contributed by atoms with E-state index in [4.69, 9.17) is 16.0 Å². The highest BCUT2D eigenvalue weighted by molar-refractivity contribution is 6.30. The summed E-state index contributed by atoms with van der Waals surface area (Å²) < 4.78 is 5.16. The zero-order chi connectivity index (χ0) is 14.4. The first-order valence-electron chi connectivity index (χ1n) is 6.44.